The first-order chi connectivity index (χ1) is 8.66. The molecule has 0 bridgehead atoms. The zero-order chi connectivity index (χ0) is 14.8. The Labute approximate surface area is 112 Å². The SMILES string of the molecule is COC(=O)Cc1cc(Br)c(C(F)(F)F)nc1C(F)F. The summed E-state index contributed by atoms with van der Waals surface area (Å²) in [7, 11) is 1.04. The van der Waals surface area contributed by atoms with Crippen molar-refractivity contribution in [2.75, 3.05) is 7.11 Å². The third kappa shape index (κ3) is 3.85. The average Bonchev–Trinajstić information content (AvgIpc) is 2.26. The number of hydrogen-bond donors (Lipinski definition) is 0. The number of ether oxygens (including phenoxy) is 1. The largest absolute Gasteiger partial charge is 0.469 e. The van der Waals surface area contributed by atoms with Crippen molar-refractivity contribution in [3.05, 3.63) is 27.5 Å². The Morgan fingerprint density at radius 3 is 2.47 bits per heavy atom. The van der Waals surface area contributed by atoms with E-state index in [1.807, 2.05) is 0 Å². The molecule has 0 fully saturated rings. The van der Waals surface area contributed by atoms with Crippen molar-refractivity contribution in [3.63, 3.8) is 0 Å². The van der Waals surface area contributed by atoms with Gasteiger partial charge < -0.3 is 4.74 Å². The summed E-state index contributed by atoms with van der Waals surface area (Å²) in [5, 5.41) is 0. The van der Waals surface area contributed by atoms with E-state index < -0.39 is 40.9 Å². The molecule has 0 saturated heterocycles. The smallest absolute Gasteiger partial charge is 0.434 e. The van der Waals surface area contributed by atoms with E-state index in [1.165, 1.54) is 0 Å². The van der Waals surface area contributed by atoms with Gasteiger partial charge in [-0.2, -0.15) is 13.2 Å². The normalized spacial score (nSPS) is 11.8. The predicted octanol–water partition coefficient (Wildman–Crippen LogP) is 3.52. The number of methoxy groups -OCH3 is 1. The molecule has 0 atom stereocenters. The van der Waals surface area contributed by atoms with Crippen molar-refractivity contribution in [2.45, 2.75) is 19.0 Å². The molecule has 0 amide bonds. The monoisotopic (exact) mass is 347 g/mol. The second kappa shape index (κ2) is 5.81. The third-order valence-corrected chi connectivity index (χ3v) is 2.73. The molecule has 9 heteroatoms. The molecule has 1 aromatic heterocycles. The number of nitrogens with zero attached hydrogens (tertiary/aromatic N) is 1. The first kappa shape index (κ1) is 15.8. The standard InChI is InChI=1S/C10H7BrF5NO2/c1-19-6(18)3-4-2-5(11)8(10(14,15)16)17-7(4)9(12)13/h2,9H,3H2,1H3. The summed E-state index contributed by atoms with van der Waals surface area (Å²) in [4.78, 5) is 13.9. The Morgan fingerprint density at radius 2 is 2.05 bits per heavy atom. The number of hydrogen-bond acceptors (Lipinski definition) is 3. The second-order valence-electron chi connectivity index (χ2n) is 3.41. The van der Waals surface area contributed by atoms with Crippen LogP contribution in [-0.4, -0.2) is 18.1 Å². The van der Waals surface area contributed by atoms with E-state index in [2.05, 4.69) is 25.7 Å². The highest BCUT2D eigenvalue weighted by Gasteiger charge is 2.37. The molecule has 0 aliphatic heterocycles. The van der Waals surface area contributed by atoms with Gasteiger partial charge in [-0.05, 0) is 27.6 Å². The summed E-state index contributed by atoms with van der Waals surface area (Å²) >= 11 is 2.60. The molecule has 0 N–H and O–H groups in total. The molecular weight excluding hydrogens is 341 g/mol. The van der Waals surface area contributed by atoms with Crippen LogP contribution in [0, 0.1) is 0 Å². The highest BCUT2D eigenvalue weighted by Crippen LogP contribution is 2.36. The first-order valence-corrected chi connectivity index (χ1v) is 5.57. The van der Waals surface area contributed by atoms with E-state index in [-0.39, 0.29) is 5.56 Å². The molecule has 0 radical (unpaired) electrons. The minimum absolute atomic E-state index is 0.318. The molecule has 0 aromatic carbocycles. The van der Waals surface area contributed by atoms with Gasteiger partial charge in [0.1, 0.15) is 5.69 Å². The van der Waals surface area contributed by atoms with Gasteiger partial charge in [0.2, 0.25) is 0 Å². The lowest BCUT2D eigenvalue weighted by Gasteiger charge is -2.13. The van der Waals surface area contributed by atoms with E-state index in [0.717, 1.165) is 13.2 Å². The molecule has 0 aliphatic carbocycles. The van der Waals surface area contributed by atoms with Crippen molar-refractivity contribution >= 4 is 21.9 Å². The lowest BCUT2D eigenvalue weighted by molar-refractivity contribution is -0.142. The lowest BCUT2D eigenvalue weighted by atomic mass is 10.1. The van der Waals surface area contributed by atoms with Crippen LogP contribution in [0.5, 0.6) is 0 Å². The van der Waals surface area contributed by atoms with E-state index in [0.29, 0.717) is 0 Å². The van der Waals surface area contributed by atoms with Gasteiger partial charge in [0.25, 0.3) is 6.43 Å². The van der Waals surface area contributed by atoms with Gasteiger partial charge >= 0.3 is 12.1 Å². The number of rotatable bonds is 3. The van der Waals surface area contributed by atoms with Crippen LogP contribution in [-0.2, 0) is 22.1 Å². The topological polar surface area (TPSA) is 39.2 Å². The summed E-state index contributed by atoms with van der Waals surface area (Å²) in [5.41, 5.74) is -2.86. The van der Waals surface area contributed by atoms with E-state index in [1.54, 1.807) is 0 Å². The molecule has 0 spiro atoms. The third-order valence-electron chi connectivity index (χ3n) is 2.13. The fourth-order valence-corrected chi connectivity index (χ4v) is 1.89. The maximum Gasteiger partial charge on any atom is 0.434 e. The lowest BCUT2D eigenvalue weighted by Crippen LogP contribution is -2.15. The van der Waals surface area contributed by atoms with Gasteiger partial charge in [-0.1, -0.05) is 0 Å². The van der Waals surface area contributed by atoms with Gasteiger partial charge in [0.15, 0.2) is 5.69 Å². The van der Waals surface area contributed by atoms with Gasteiger partial charge in [-0.15, -0.1) is 0 Å². The number of carbonyl (C=O) groups excluding carboxylic acids is 1. The average molecular weight is 348 g/mol. The maximum absolute atomic E-state index is 12.7. The van der Waals surface area contributed by atoms with Crippen molar-refractivity contribution in [3.8, 4) is 0 Å². The molecule has 0 aliphatic rings. The van der Waals surface area contributed by atoms with E-state index >= 15 is 0 Å². The van der Waals surface area contributed by atoms with Crippen LogP contribution in [0.3, 0.4) is 0 Å². The molecule has 106 valence electrons. The second-order valence-corrected chi connectivity index (χ2v) is 4.27. The number of carbonyl (C=O) groups is 1. The summed E-state index contributed by atoms with van der Waals surface area (Å²) in [5.74, 6) is -0.852. The van der Waals surface area contributed by atoms with Crippen LogP contribution in [0.1, 0.15) is 23.4 Å². The Balaban J connectivity index is 3.33. The summed E-state index contributed by atoms with van der Waals surface area (Å²) in [6, 6.07) is 0.800. The van der Waals surface area contributed by atoms with Gasteiger partial charge in [0, 0.05) is 4.47 Å². The zero-order valence-corrected chi connectivity index (χ0v) is 11.0. The molecular formula is C10H7BrF5NO2. The molecule has 0 saturated carbocycles. The highest BCUT2D eigenvalue weighted by molar-refractivity contribution is 9.10. The maximum atomic E-state index is 12.7. The summed E-state index contributed by atoms with van der Waals surface area (Å²) < 4.78 is 66.7. The molecule has 1 aromatic rings. The Hall–Kier alpha value is -1.25. The zero-order valence-electron chi connectivity index (χ0n) is 9.39. The Kier molecular flexibility index (Phi) is 4.83. The summed E-state index contributed by atoms with van der Waals surface area (Å²) in [6.07, 6.45) is -8.68. The van der Waals surface area contributed by atoms with Gasteiger partial charge in [-0.3, -0.25) is 4.79 Å². The fourth-order valence-electron chi connectivity index (χ4n) is 1.30. The van der Waals surface area contributed by atoms with E-state index in [4.69, 9.17) is 0 Å². The summed E-state index contributed by atoms with van der Waals surface area (Å²) in [6.45, 7) is 0. The van der Waals surface area contributed by atoms with Gasteiger partial charge in [-0.25, -0.2) is 13.8 Å². The van der Waals surface area contributed by atoms with Crippen LogP contribution >= 0.6 is 15.9 Å². The number of pyridine rings is 1. The van der Waals surface area contributed by atoms with Gasteiger partial charge in [0.05, 0.1) is 13.5 Å². The number of esters is 1. The van der Waals surface area contributed by atoms with Crippen LogP contribution in [0.15, 0.2) is 10.5 Å². The number of aromatic nitrogens is 1. The minimum atomic E-state index is -4.87. The van der Waals surface area contributed by atoms with Crippen LogP contribution in [0.25, 0.3) is 0 Å². The molecule has 1 rings (SSSR count). The molecule has 0 unspecified atom stereocenters. The fraction of sp³-hybridized carbons (Fsp3) is 0.400. The van der Waals surface area contributed by atoms with Crippen LogP contribution < -0.4 is 0 Å². The van der Waals surface area contributed by atoms with Crippen molar-refractivity contribution in [2.24, 2.45) is 0 Å². The molecule has 3 nitrogen and oxygen atoms in total. The molecule has 1 heterocycles. The number of halogens is 6. The quantitative estimate of drug-likeness (QED) is 0.620. The van der Waals surface area contributed by atoms with Crippen LogP contribution in [0.4, 0.5) is 22.0 Å². The number of alkyl halides is 5. The Bertz CT molecular complexity index is 490. The van der Waals surface area contributed by atoms with Crippen molar-refractivity contribution < 1.29 is 31.5 Å². The molecule has 19 heavy (non-hydrogen) atoms. The van der Waals surface area contributed by atoms with Crippen molar-refractivity contribution in [1.29, 1.82) is 0 Å². The van der Waals surface area contributed by atoms with Crippen LogP contribution in [0.2, 0.25) is 0 Å². The first-order valence-electron chi connectivity index (χ1n) is 4.78. The Morgan fingerprint density at radius 1 is 1.47 bits per heavy atom. The van der Waals surface area contributed by atoms with E-state index in [9.17, 15) is 26.7 Å². The minimum Gasteiger partial charge on any atom is -0.469 e. The predicted molar refractivity (Wildman–Crippen MR) is 57.6 cm³/mol. The highest BCUT2D eigenvalue weighted by atomic mass is 79.9. The van der Waals surface area contributed by atoms with Crippen molar-refractivity contribution in [1.82, 2.24) is 4.98 Å².